The molecule has 1 nitrogen and oxygen atoms in total. The first-order valence-corrected chi connectivity index (χ1v) is 19.6. The number of rotatable bonds is 12. The third kappa shape index (κ3) is 10.3. The second kappa shape index (κ2) is 17.2. The van der Waals surface area contributed by atoms with Crippen molar-refractivity contribution < 1.29 is 31.1 Å². The zero-order valence-electron chi connectivity index (χ0n) is 31.0. The molecule has 4 aromatic carbocycles. The number of hydrogen-bond donors (Lipinski definition) is 0. The van der Waals surface area contributed by atoms with E-state index in [1.165, 1.54) is 86.8 Å². The number of benzene rings is 4. The van der Waals surface area contributed by atoms with Crippen LogP contribution in [0.5, 0.6) is 11.5 Å². The van der Waals surface area contributed by atoms with Crippen molar-refractivity contribution in [1.29, 1.82) is 0 Å². The average Bonchev–Trinajstić information content (AvgIpc) is 3.14. The zero-order valence-corrected chi connectivity index (χ0v) is 31.0. The van der Waals surface area contributed by atoms with E-state index in [1.807, 2.05) is 12.1 Å². The van der Waals surface area contributed by atoms with Crippen LogP contribution in [0.1, 0.15) is 147 Å². The molecule has 0 saturated heterocycles. The van der Waals surface area contributed by atoms with Crippen LogP contribution in [-0.2, 0) is 25.2 Å². The standard InChI is InChI=1S/C46H52F6O/c1-3-5-31-7-15-35(16-8-31)37-19-25-43(39(29-37)27-33-11-21-41(22-12-33)45(47,48)49)53-44-26-20-38(36-17-9-32(6-4-2)10-18-36)30-40(44)28-34-13-23-42(24-14-34)46(50,51)52/h11-14,19-26,29-32,35-36H,3-10,15-18,27-28H2,1-2H3. The molecule has 0 radical (unpaired) electrons. The smallest absolute Gasteiger partial charge is 0.416 e. The second-order valence-corrected chi connectivity index (χ2v) is 15.6. The quantitative estimate of drug-likeness (QED) is 0.132. The minimum atomic E-state index is -4.41. The first kappa shape index (κ1) is 39.0. The molecule has 53 heavy (non-hydrogen) atoms. The van der Waals surface area contributed by atoms with E-state index in [9.17, 15) is 26.3 Å². The summed E-state index contributed by atoms with van der Waals surface area (Å²) in [6, 6.07) is 23.3. The zero-order chi connectivity index (χ0) is 37.6. The Bertz CT molecular complexity index is 1630. The van der Waals surface area contributed by atoms with Crippen LogP contribution in [0.15, 0.2) is 84.9 Å². The topological polar surface area (TPSA) is 9.23 Å². The highest BCUT2D eigenvalue weighted by molar-refractivity contribution is 5.48. The molecule has 284 valence electrons. The summed E-state index contributed by atoms with van der Waals surface area (Å²) in [5.74, 6) is 3.64. The minimum absolute atomic E-state index is 0.403. The molecule has 0 atom stereocenters. The fraction of sp³-hybridized carbons (Fsp3) is 0.478. The van der Waals surface area contributed by atoms with Gasteiger partial charge in [0.1, 0.15) is 11.5 Å². The van der Waals surface area contributed by atoms with Crippen molar-refractivity contribution in [2.24, 2.45) is 11.8 Å². The number of hydrogen-bond acceptors (Lipinski definition) is 1. The summed E-state index contributed by atoms with van der Waals surface area (Å²) in [6.45, 7) is 4.47. The van der Waals surface area contributed by atoms with Crippen molar-refractivity contribution in [3.63, 3.8) is 0 Å². The van der Waals surface area contributed by atoms with Crippen LogP contribution in [0, 0.1) is 11.8 Å². The first-order valence-electron chi connectivity index (χ1n) is 19.6. The van der Waals surface area contributed by atoms with E-state index in [1.54, 1.807) is 0 Å². The van der Waals surface area contributed by atoms with Crippen LogP contribution in [0.25, 0.3) is 0 Å². The Labute approximate surface area is 311 Å². The summed E-state index contributed by atoms with van der Waals surface area (Å²) in [5, 5.41) is 0. The predicted octanol–water partition coefficient (Wildman–Crippen LogP) is 14.8. The molecular formula is C46H52F6O. The van der Waals surface area contributed by atoms with E-state index in [0.717, 1.165) is 84.0 Å². The molecule has 7 heteroatoms. The molecule has 6 rings (SSSR count). The Kier molecular flexibility index (Phi) is 12.6. The van der Waals surface area contributed by atoms with E-state index >= 15 is 0 Å². The lowest BCUT2D eigenvalue weighted by molar-refractivity contribution is -0.138. The summed E-state index contributed by atoms with van der Waals surface area (Å²) in [6.07, 6.45) is 6.15. The van der Waals surface area contributed by atoms with Gasteiger partial charge in [-0.15, -0.1) is 0 Å². The van der Waals surface area contributed by atoms with Gasteiger partial charge in [0.2, 0.25) is 0 Å². The molecule has 2 saturated carbocycles. The maximum absolute atomic E-state index is 13.4. The molecule has 0 N–H and O–H groups in total. The summed E-state index contributed by atoms with van der Waals surface area (Å²) in [4.78, 5) is 0. The van der Waals surface area contributed by atoms with E-state index < -0.39 is 23.5 Å². The molecule has 2 aliphatic carbocycles. The molecule has 0 amide bonds. The van der Waals surface area contributed by atoms with Crippen molar-refractivity contribution in [3.8, 4) is 11.5 Å². The van der Waals surface area contributed by atoms with E-state index in [2.05, 4.69) is 38.1 Å². The molecule has 4 aromatic rings. The van der Waals surface area contributed by atoms with Gasteiger partial charge in [0, 0.05) is 12.8 Å². The van der Waals surface area contributed by atoms with Crippen molar-refractivity contribution in [1.82, 2.24) is 0 Å². The van der Waals surface area contributed by atoms with Crippen LogP contribution < -0.4 is 4.74 Å². The van der Waals surface area contributed by atoms with E-state index in [0.29, 0.717) is 36.2 Å². The molecule has 0 bridgehead atoms. The Morgan fingerprint density at radius 2 is 0.849 bits per heavy atom. The van der Waals surface area contributed by atoms with Crippen LogP contribution in [-0.4, -0.2) is 0 Å². The Morgan fingerprint density at radius 1 is 0.491 bits per heavy atom. The van der Waals surface area contributed by atoms with Gasteiger partial charge in [0.25, 0.3) is 0 Å². The monoisotopic (exact) mass is 734 g/mol. The highest BCUT2D eigenvalue weighted by Gasteiger charge is 2.31. The van der Waals surface area contributed by atoms with Gasteiger partial charge in [0.15, 0.2) is 0 Å². The van der Waals surface area contributed by atoms with Crippen molar-refractivity contribution in [3.05, 3.63) is 129 Å². The summed E-state index contributed by atoms with van der Waals surface area (Å²) in [7, 11) is 0. The maximum atomic E-state index is 13.4. The maximum Gasteiger partial charge on any atom is 0.416 e. The molecule has 2 fully saturated rings. The Balaban J connectivity index is 1.32. The van der Waals surface area contributed by atoms with Gasteiger partial charge in [0.05, 0.1) is 11.1 Å². The third-order valence-corrected chi connectivity index (χ3v) is 11.8. The second-order valence-electron chi connectivity index (χ2n) is 15.6. The fourth-order valence-electron chi connectivity index (χ4n) is 8.75. The highest BCUT2D eigenvalue weighted by atomic mass is 19.4. The van der Waals surface area contributed by atoms with E-state index in [4.69, 9.17) is 4.74 Å². The fourth-order valence-corrected chi connectivity index (χ4v) is 8.75. The first-order chi connectivity index (χ1) is 25.4. The molecule has 0 unspecified atom stereocenters. The minimum Gasteiger partial charge on any atom is -0.457 e. The lowest BCUT2D eigenvalue weighted by Gasteiger charge is -2.29. The summed E-state index contributed by atoms with van der Waals surface area (Å²) in [5.41, 5.74) is 4.41. The van der Waals surface area contributed by atoms with Crippen LogP contribution in [0.2, 0.25) is 0 Å². The van der Waals surface area contributed by atoms with Gasteiger partial charge in [-0.25, -0.2) is 0 Å². The summed E-state index contributed by atoms with van der Waals surface area (Å²) >= 11 is 0. The molecule has 2 aliphatic rings. The molecule has 0 aliphatic heterocycles. The Hall–Kier alpha value is -3.74. The van der Waals surface area contributed by atoms with Gasteiger partial charge in [-0.1, -0.05) is 88.1 Å². The van der Waals surface area contributed by atoms with Crippen molar-refractivity contribution in [2.75, 3.05) is 0 Å². The molecule has 0 spiro atoms. The lowest BCUT2D eigenvalue weighted by atomic mass is 9.77. The van der Waals surface area contributed by atoms with Crippen LogP contribution in [0.3, 0.4) is 0 Å². The molecular weight excluding hydrogens is 682 g/mol. The van der Waals surface area contributed by atoms with Gasteiger partial charge in [-0.2, -0.15) is 26.3 Å². The molecule has 0 aromatic heterocycles. The molecule has 0 heterocycles. The number of alkyl halides is 6. The van der Waals surface area contributed by atoms with Gasteiger partial charge in [-0.05, 0) is 145 Å². The third-order valence-electron chi connectivity index (χ3n) is 11.8. The number of halogens is 6. The van der Waals surface area contributed by atoms with Gasteiger partial charge in [-0.3, -0.25) is 0 Å². The van der Waals surface area contributed by atoms with Crippen molar-refractivity contribution in [2.45, 2.75) is 128 Å². The predicted molar refractivity (Wildman–Crippen MR) is 201 cm³/mol. The largest absolute Gasteiger partial charge is 0.457 e. The van der Waals surface area contributed by atoms with Gasteiger partial charge >= 0.3 is 12.4 Å². The van der Waals surface area contributed by atoms with Crippen molar-refractivity contribution >= 4 is 0 Å². The highest BCUT2D eigenvalue weighted by Crippen LogP contribution is 2.42. The summed E-state index contributed by atoms with van der Waals surface area (Å²) < 4.78 is 87.0. The van der Waals surface area contributed by atoms with Gasteiger partial charge < -0.3 is 4.74 Å². The normalized spacial score (nSPS) is 21.1. The lowest BCUT2D eigenvalue weighted by Crippen LogP contribution is -2.14. The van der Waals surface area contributed by atoms with E-state index in [-0.39, 0.29) is 0 Å². The SMILES string of the molecule is CCCC1CCC(c2ccc(Oc3ccc(C4CCC(CCC)CC4)cc3Cc3ccc(C(F)(F)F)cc3)c(Cc3ccc(C(F)(F)F)cc3)c2)CC1. The Morgan fingerprint density at radius 3 is 1.17 bits per heavy atom. The van der Waals surface area contributed by atoms with Crippen LogP contribution >= 0.6 is 0 Å². The number of ether oxygens (including phenoxy) is 1. The van der Waals surface area contributed by atoms with Crippen LogP contribution in [0.4, 0.5) is 26.3 Å². The average molecular weight is 735 g/mol.